The molecule has 8 nitrogen and oxygen atoms in total. The number of hydrogen-bond acceptors (Lipinski definition) is 6. The Morgan fingerprint density at radius 2 is 2.08 bits per heavy atom. The lowest BCUT2D eigenvalue weighted by atomic mass is 10.2. The van der Waals surface area contributed by atoms with Crippen LogP contribution in [0.1, 0.15) is 11.7 Å². The van der Waals surface area contributed by atoms with Gasteiger partial charge in [0.2, 0.25) is 5.82 Å². The first-order valence-electron chi connectivity index (χ1n) is 6.61. The summed E-state index contributed by atoms with van der Waals surface area (Å²) >= 11 is 1.38. The number of amides is 2. The predicted octanol–water partition coefficient (Wildman–Crippen LogP) is 1.58. The highest BCUT2D eigenvalue weighted by atomic mass is 32.1. The molecule has 10 heteroatoms. The Labute approximate surface area is 139 Å². The SMILES string of the molecule is O=C(NCC(O)c1ccsc1)C(=O)Nc1ccc(F)c([N+](=O)[O-])c1. The molecule has 0 radical (unpaired) electrons. The molecule has 0 fully saturated rings. The number of nitro groups is 1. The number of nitro benzene ring substituents is 1. The van der Waals surface area contributed by atoms with Gasteiger partial charge < -0.3 is 15.7 Å². The monoisotopic (exact) mass is 353 g/mol. The molecule has 2 rings (SSSR count). The number of aliphatic hydroxyl groups is 1. The Morgan fingerprint density at radius 3 is 2.71 bits per heavy atom. The van der Waals surface area contributed by atoms with Gasteiger partial charge in [0.05, 0.1) is 11.0 Å². The van der Waals surface area contributed by atoms with E-state index in [9.17, 15) is 29.2 Å². The van der Waals surface area contributed by atoms with Gasteiger partial charge in [-0.05, 0) is 34.5 Å². The molecular formula is C14H12FN3O5S. The van der Waals surface area contributed by atoms with E-state index >= 15 is 0 Å². The van der Waals surface area contributed by atoms with Crippen molar-refractivity contribution in [1.82, 2.24) is 5.32 Å². The number of hydrogen-bond donors (Lipinski definition) is 3. The first kappa shape index (κ1) is 17.5. The summed E-state index contributed by atoms with van der Waals surface area (Å²) in [7, 11) is 0. The molecule has 3 N–H and O–H groups in total. The van der Waals surface area contributed by atoms with Crippen LogP contribution in [0.5, 0.6) is 0 Å². The van der Waals surface area contributed by atoms with Crippen molar-refractivity contribution < 1.29 is 24.0 Å². The van der Waals surface area contributed by atoms with Crippen molar-refractivity contribution in [2.45, 2.75) is 6.10 Å². The predicted molar refractivity (Wildman–Crippen MR) is 84.0 cm³/mol. The van der Waals surface area contributed by atoms with Crippen LogP contribution in [0.25, 0.3) is 0 Å². The number of anilines is 1. The highest BCUT2D eigenvalue weighted by Gasteiger charge is 2.19. The van der Waals surface area contributed by atoms with Crippen molar-refractivity contribution >= 4 is 34.5 Å². The Kier molecular flexibility index (Phi) is 5.55. The van der Waals surface area contributed by atoms with Crippen LogP contribution >= 0.6 is 11.3 Å². The number of carbonyl (C=O) groups excluding carboxylic acids is 2. The lowest BCUT2D eigenvalue weighted by Gasteiger charge is -2.10. The molecule has 1 heterocycles. The third-order valence-corrected chi connectivity index (χ3v) is 3.69. The molecule has 2 aromatic rings. The van der Waals surface area contributed by atoms with Crippen LogP contribution in [0.3, 0.4) is 0 Å². The Morgan fingerprint density at radius 1 is 1.33 bits per heavy atom. The van der Waals surface area contributed by atoms with Crippen LogP contribution in [-0.2, 0) is 9.59 Å². The minimum absolute atomic E-state index is 0.0957. The van der Waals surface area contributed by atoms with Crippen molar-refractivity contribution in [2.24, 2.45) is 0 Å². The van der Waals surface area contributed by atoms with Crippen molar-refractivity contribution in [3.05, 3.63) is 56.5 Å². The molecular weight excluding hydrogens is 341 g/mol. The molecule has 1 atom stereocenters. The van der Waals surface area contributed by atoms with Gasteiger partial charge >= 0.3 is 17.5 Å². The zero-order valence-electron chi connectivity index (χ0n) is 12.1. The average molecular weight is 353 g/mol. The Bertz CT molecular complexity index is 766. The van der Waals surface area contributed by atoms with E-state index in [1.807, 2.05) is 0 Å². The number of halogens is 1. The number of nitrogens with zero attached hydrogens (tertiary/aromatic N) is 1. The molecule has 0 saturated carbocycles. The second-order valence-electron chi connectivity index (χ2n) is 4.66. The lowest BCUT2D eigenvalue weighted by Crippen LogP contribution is -2.37. The molecule has 0 spiro atoms. The van der Waals surface area contributed by atoms with E-state index in [2.05, 4.69) is 10.6 Å². The van der Waals surface area contributed by atoms with Gasteiger partial charge in [-0.1, -0.05) is 0 Å². The van der Waals surface area contributed by atoms with Gasteiger partial charge in [0.25, 0.3) is 0 Å². The van der Waals surface area contributed by atoms with Crippen LogP contribution in [0.15, 0.2) is 35.0 Å². The van der Waals surface area contributed by atoms with E-state index in [4.69, 9.17) is 0 Å². The van der Waals surface area contributed by atoms with Crippen LogP contribution < -0.4 is 10.6 Å². The van der Waals surface area contributed by atoms with E-state index in [1.54, 1.807) is 16.8 Å². The van der Waals surface area contributed by atoms with Crippen LogP contribution in [-0.4, -0.2) is 28.4 Å². The number of carbonyl (C=O) groups is 2. The fourth-order valence-corrected chi connectivity index (χ4v) is 2.48. The highest BCUT2D eigenvalue weighted by Crippen LogP contribution is 2.21. The third-order valence-electron chi connectivity index (χ3n) is 2.99. The smallest absolute Gasteiger partial charge is 0.313 e. The summed E-state index contributed by atoms with van der Waals surface area (Å²) in [6, 6.07) is 4.39. The van der Waals surface area contributed by atoms with Crippen LogP contribution in [0, 0.1) is 15.9 Å². The fourth-order valence-electron chi connectivity index (χ4n) is 1.77. The summed E-state index contributed by atoms with van der Waals surface area (Å²) in [5.41, 5.74) is -0.308. The maximum absolute atomic E-state index is 13.2. The summed E-state index contributed by atoms with van der Waals surface area (Å²) < 4.78 is 13.2. The zero-order chi connectivity index (χ0) is 17.7. The van der Waals surface area contributed by atoms with E-state index in [0.717, 1.165) is 18.2 Å². The minimum atomic E-state index is -1.09. The highest BCUT2D eigenvalue weighted by molar-refractivity contribution is 7.07. The molecule has 126 valence electrons. The van der Waals surface area contributed by atoms with Crippen LogP contribution in [0.2, 0.25) is 0 Å². The normalized spacial score (nSPS) is 11.6. The van der Waals surface area contributed by atoms with Crippen molar-refractivity contribution in [1.29, 1.82) is 0 Å². The topological polar surface area (TPSA) is 122 Å². The molecule has 0 aliphatic rings. The van der Waals surface area contributed by atoms with Gasteiger partial charge in [0.15, 0.2) is 0 Å². The first-order chi connectivity index (χ1) is 11.4. The van der Waals surface area contributed by atoms with Gasteiger partial charge in [-0.2, -0.15) is 15.7 Å². The van der Waals surface area contributed by atoms with E-state index in [1.165, 1.54) is 11.3 Å². The molecule has 0 aliphatic carbocycles. The molecule has 2 amide bonds. The quantitative estimate of drug-likeness (QED) is 0.428. The number of rotatable bonds is 5. The molecule has 1 unspecified atom stereocenters. The maximum atomic E-state index is 13.2. The molecule has 24 heavy (non-hydrogen) atoms. The van der Waals surface area contributed by atoms with E-state index in [-0.39, 0.29) is 12.2 Å². The molecule has 0 bridgehead atoms. The number of aliphatic hydroxyl groups excluding tert-OH is 1. The fraction of sp³-hybridized carbons (Fsp3) is 0.143. The lowest BCUT2D eigenvalue weighted by molar-refractivity contribution is -0.387. The minimum Gasteiger partial charge on any atom is -0.387 e. The number of thiophene rings is 1. The Balaban J connectivity index is 1.93. The van der Waals surface area contributed by atoms with Crippen LogP contribution in [0.4, 0.5) is 15.8 Å². The molecule has 0 saturated heterocycles. The summed E-state index contributed by atoms with van der Waals surface area (Å²) in [5, 5.41) is 28.2. The zero-order valence-corrected chi connectivity index (χ0v) is 12.9. The Hall–Kier alpha value is -2.85. The van der Waals surface area contributed by atoms with Gasteiger partial charge in [-0.25, -0.2) is 0 Å². The largest absolute Gasteiger partial charge is 0.387 e. The summed E-state index contributed by atoms with van der Waals surface area (Å²) in [5.74, 6) is -3.17. The van der Waals surface area contributed by atoms with E-state index in [0.29, 0.717) is 5.56 Å². The van der Waals surface area contributed by atoms with Crippen molar-refractivity contribution in [3.8, 4) is 0 Å². The average Bonchev–Trinajstić information content (AvgIpc) is 3.08. The van der Waals surface area contributed by atoms with Gasteiger partial charge in [-0.15, -0.1) is 0 Å². The maximum Gasteiger partial charge on any atom is 0.313 e. The molecule has 1 aromatic heterocycles. The second-order valence-corrected chi connectivity index (χ2v) is 5.44. The summed E-state index contributed by atoms with van der Waals surface area (Å²) in [6.07, 6.45) is -0.958. The standard InChI is InChI=1S/C14H12FN3O5S/c15-10-2-1-9(5-11(10)18(22)23)17-14(21)13(20)16-6-12(19)8-3-4-24-7-8/h1-5,7,12,19H,6H2,(H,16,20)(H,17,21). The van der Waals surface area contributed by atoms with Crippen molar-refractivity contribution in [2.75, 3.05) is 11.9 Å². The van der Waals surface area contributed by atoms with Crippen molar-refractivity contribution in [3.63, 3.8) is 0 Å². The first-order valence-corrected chi connectivity index (χ1v) is 7.56. The van der Waals surface area contributed by atoms with Gasteiger partial charge in [0, 0.05) is 18.3 Å². The van der Waals surface area contributed by atoms with E-state index < -0.39 is 34.3 Å². The summed E-state index contributed by atoms with van der Waals surface area (Å²) in [6.45, 7) is -0.174. The number of nitrogens with one attached hydrogen (secondary N) is 2. The number of benzene rings is 1. The second kappa shape index (κ2) is 7.62. The van der Waals surface area contributed by atoms with Gasteiger partial charge in [0.1, 0.15) is 0 Å². The molecule has 0 aliphatic heterocycles. The molecule has 1 aromatic carbocycles. The van der Waals surface area contributed by atoms with Gasteiger partial charge in [-0.3, -0.25) is 19.7 Å². The summed E-state index contributed by atoms with van der Waals surface area (Å²) in [4.78, 5) is 33.1. The third kappa shape index (κ3) is 4.33.